The van der Waals surface area contributed by atoms with Gasteiger partial charge in [-0.3, -0.25) is 4.90 Å². The van der Waals surface area contributed by atoms with Crippen molar-refractivity contribution >= 4 is 0 Å². The minimum Gasteiger partial charge on any atom is -0.380 e. The summed E-state index contributed by atoms with van der Waals surface area (Å²) >= 11 is 0. The SMILES string of the molecule is CCN(Cc1ccccc1)C(C)(CN)C(C)OC. The Balaban J connectivity index is 2.87. The smallest absolute Gasteiger partial charge is 0.0736 e. The number of benzene rings is 1. The van der Waals surface area contributed by atoms with Gasteiger partial charge in [-0.05, 0) is 26.0 Å². The highest BCUT2D eigenvalue weighted by atomic mass is 16.5. The van der Waals surface area contributed by atoms with Gasteiger partial charge in [0, 0.05) is 20.2 Å². The molecule has 0 spiro atoms. The lowest BCUT2D eigenvalue weighted by Gasteiger charge is -2.43. The van der Waals surface area contributed by atoms with Crippen molar-refractivity contribution in [3.05, 3.63) is 35.9 Å². The van der Waals surface area contributed by atoms with E-state index in [2.05, 4.69) is 49.9 Å². The normalized spacial score (nSPS) is 16.6. The quantitative estimate of drug-likeness (QED) is 0.806. The van der Waals surface area contributed by atoms with Crippen molar-refractivity contribution < 1.29 is 4.74 Å². The van der Waals surface area contributed by atoms with Crippen LogP contribution in [0.2, 0.25) is 0 Å². The number of rotatable bonds is 7. The van der Waals surface area contributed by atoms with Gasteiger partial charge >= 0.3 is 0 Å². The van der Waals surface area contributed by atoms with E-state index >= 15 is 0 Å². The molecule has 0 heterocycles. The molecule has 3 heteroatoms. The van der Waals surface area contributed by atoms with Gasteiger partial charge in [-0.25, -0.2) is 0 Å². The first kappa shape index (κ1) is 15.2. The first-order chi connectivity index (χ1) is 8.58. The van der Waals surface area contributed by atoms with Crippen molar-refractivity contribution in [2.75, 3.05) is 20.2 Å². The Hall–Kier alpha value is -0.900. The number of nitrogens with zero attached hydrogens (tertiary/aromatic N) is 1. The molecule has 0 aliphatic carbocycles. The molecule has 0 saturated carbocycles. The van der Waals surface area contributed by atoms with Gasteiger partial charge in [0.05, 0.1) is 11.6 Å². The van der Waals surface area contributed by atoms with Crippen molar-refractivity contribution in [3.63, 3.8) is 0 Å². The monoisotopic (exact) mass is 250 g/mol. The highest BCUT2D eigenvalue weighted by Gasteiger charge is 2.35. The molecule has 102 valence electrons. The van der Waals surface area contributed by atoms with Crippen LogP contribution in [-0.2, 0) is 11.3 Å². The fourth-order valence-corrected chi connectivity index (χ4v) is 2.26. The summed E-state index contributed by atoms with van der Waals surface area (Å²) in [6, 6.07) is 10.5. The molecule has 0 saturated heterocycles. The topological polar surface area (TPSA) is 38.5 Å². The highest BCUT2D eigenvalue weighted by Crippen LogP contribution is 2.22. The van der Waals surface area contributed by atoms with Gasteiger partial charge in [0.25, 0.3) is 0 Å². The van der Waals surface area contributed by atoms with Crippen LogP contribution in [0.15, 0.2) is 30.3 Å². The lowest BCUT2D eigenvalue weighted by atomic mass is 9.92. The summed E-state index contributed by atoms with van der Waals surface area (Å²) in [7, 11) is 1.74. The summed E-state index contributed by atoms with van der Waals surface area (Å²) in [5.41, 5.74) is 7.16. The molecule has 2 N–H and O–H groups in total. The number of nitrogens with two attached hydrogens (primary N) is 1. The summed E-state index contributed by atoms with van der Waals surface area (Å²) < 4.78 is 5.51. The fourth-order valence-electron chi connectivity index (χ4n) is 2.26. The Morgan fingerprint density at radius 3 is 2.39 bits per heavy atom. The minimum absolute atomic E-state index is 0.103. The third-order valence-corrected chi connectivity index (χ3v) is 3.96. The Kier molecular flexibility index (Phi) is 5.79. The van der Waals surface area contributed by atoms with E-state index in [-0.39, 0.29) is 11.6 Å². The Labute approximate surface area is 111 Å². The van der Waals surface area contributed by atoms with Gasteiger partial charge in [-0.15, -0.1) is 0 Å². The van der Waals surface area contributed by atoms with Crippen LogP contribution in [0.25, 0.3) is 0 Å². The van der Waals surface area contributed by atoms with Crippen LogP contribution in [0.4, 0.5) is 0 Å². The van der Waals surface area contributed by atoms with Crippen molar-refractivity contribution in [3.8, 4) is 0 Å². The Bertz CT molecular complexity index is 342. The van der Waals surface area contributed by atoms with Gasteiger partial charge in [0.1, 0.15) is 0 Å². The first-order valence-electron chi connectivity index (χ1n) is 6.60. The average Bonchev–Trinajstić information content (AvgIpc) is 2.44. The van der Waals surface area contributed by atoms with Crippen LogP contribution in [-0.4, -0.2) is 36.7 Å². The molecule has 1 aromatic rings. The van der Waals surface area contributed by atoms with E-state index in [1.165, 1.54) is 5.56 Å². The maximum atomic E-state index is 5.99. The van der Waals surface area contributed by atoms with Gasteiger partial charge in [-0.1, -0.05) is 37.3 Å². The second kappa shape index (κ2) is 6.88. The molecule has 18 heavy (non-hydrogen) atoms. The molecule has 2 atom stereocenters. The molecule has 0 amide bonds. The predicted octanol–water partition coefficient (Wildman–Crippen LogP) is 2.26. The van der Waals surface area contributed by atoms with Crippen LogP contribution in [0, 0.1) is 0 Å². The molecular formula is C15H26N2O. The molecule has 0 fully saturated rings. The number of hydrogen-bond donors (Lipinski definition) is 1. The van der Waals surface area contributed by atoms with E-state index in [0.29, 0.717) is 6.54 Å². The lowest BCUT2D eigenvalue weighted by molar-refractivity contribution is -0.0331. The third-order valence-electron chi connectivity index (χ3n) is 3.96. The largest absolute Gasteiger partial charge is 0.380 e. The number of likely N-dealkylation sites (N-methyl/N-ethyl adjacent to an activating group) is 1. The highest BCUT2D eigenvalue weighted by molar-refractivity contribution is 5.15. The van der Waals surface area contributed by atoms with Crippen LogP contribution in [0.5, 0.6) is 0 Å². The van der Waals surface area contributed by atoms with Crippen molar-refractivity contribution in [2.24, 2.45) is 5.73 Å². The van der Waals surface area contributed by atoms with E-state index < -0.39 is 0 Å². The van der Waals surface area contributed by atoms with Crippen molar-refractivity contribution in [1.29, 1.82) is 0 Å². The first-order valence-corrected chi connectivity index (χ1v) is 6.60. The molecule has 1 aromatic carbocycles. The Morgan fingerprint density at radius 2 is 1.94 bits per heavy atom. The maximum absolute atomic E-state index is 5.99. The predicted molar refractivity (Wildman–Crippen MR) is 76.5 cm³/mol. The second-order valence-electron chi connectivity index (χ2n) is 4.94. The average molecular weight is 250 g/mol. The summed E-state index contributed by atoms with van der Waals surface area (Å²) in [6.45, 7) is 8.87. The molecule has 2 unspecified atom stereocenters. The van der Waals surface area contributed by atoms with Crippen LogP contribution < -0.4 is 5.73 Å². The third kappa shape index (κ3) is 3.31. The van der Waals surface area contributed by atoms with Crippen molar-refractivity contribution in [2.45, 2.75) is 39.0 Å². The van der Waals surface area contributed by atoms with Crippen LogP contribution in [0.1, 0.15) is 26.3 Å². The van der Waals surface area contributed by atoms with E-state index in [9.17, 15) is 0 Å². The zero-order valence-corrected chi connectivity index (χ0v) is 12.0. The summed E-state index contributed by atoms with van der Waals surface area (Å²) in [4.78, 5) is 2.39. The minimum atomic E-state index is -0.140. The lowest BCUT2D eigenvalue weighted by Crippen LogP contribution is -2.58. The molecule has 0 radical (unpaired) electrons. The van der Waals surface area contributed by atoms with Gasteiger partial charge in [-0.2, -0.15) is 0 Å². The fraction of sp³-hybridized carbons (Fsp3) is 0.600. The number of hydrogen-bond acceptors (Lipinski definition) is 3. The summed E-state index contributed by atoms with van der Waals surface area (Å²) in [5, 5.41) is 0. The molecular weight excluding hydrogens is 224 g/mol. The number of ether oxygens (including phenoxy) is 1. The van der Waals surface area contributed by atoms with Gasteiger partial charge in [0.2, 0.25) is 0 Å². The molecule has 1 rings (SSSR count). The molecule has 3 nitrogen and oxygen atoms in total. The van der Waals surface area contributed by atoms with E-state index in [0.717, 1.165) is 13.1 Å². The maximum Gasteiger partial charge on any atom is 0.0736 e. The number of methoxy groups -OCH3 is 1. The zero-order valence-electron chi connectivity index (χ0n) is 12.0. The molecule has 0 aliphatic rings. The van der Waals surface area contributed by atoms with Crippen molar-refractivity contribution in [1.82, 2.24) is 4.90 Å². The Morgan fingerprint density at radius 1 is 1.33 bits per heavy atom. The van der Waals surface area contributed by atoms with Crippen LogP contribution >= 0.6 is 0 Å². The van der Waals surface area contributed by atoms with Gasteiger partial charge < -0.3 is 10.5 Å². The summed E-state index contributed by atoms with van der Waals surface area (Å²) in [5.74, 6) is 0. The zero-order chi connectivity index (χ0) is 13.6. The van der Waals surface area contributed by atoms with Gasteiger partial charge in [0.15, 0.2) is 0 Å². The summed E-state index contributed by atoms with van der Waals surface area (Å²) in [6.07, 6.45) is 0.103. The molecule has 0 aromatic heterocycles. The molecule has 0 bridgehead atoms. The second-order valence-corrected chi connectivity index (χ2v) is 4.94. The standard InChI is InChI=1S/C15H26N2O/c1-5-17(11-14-9-7-6-8-10-14)15(3,12-16)13(2)18-4/h6-10,13H,5,11-12,16H2,1-4H3. The van der Waals surface area contributed by atoms with E-state index in [4.69, 9.17) is 10.5 Å². The molecule has 0 aliphatic heterocycles. The van der Waals surface area contributed by atoms with E-state index in [1.54, 1.807) is 7.11 Å². The van der Waals surface area contributed by atoms with Crippen LogP contribution in [0.3, 0.4) is 0 Å². The van der Waals surface area contributed by atoms with E-state index in [1.807, 2.05) is 6.07 Å².